The van der Waals surface area contributed by atoms with Gasteiger partial charge in [-0.3, -0.25) is 4.98 Å². The molecule has 0 atom stereocenters. The van der Waals surface area contributed by atoms with Gasteiger partial charge in [0.1, 0.15) is 12.4 Å². The van der Waals surface area contributed by atoms with Gasteiger partial charge in [-0.25, -0.2) is 0 Å². The summed E-state index contributed by atoms with van der Waals surface area (Å²) >= 11 is 0. The van der Waals surface area contributed by atoms with Gasteiger partial charge in [0, 0.05) is 18.9 Å². The molecule has 1 aromatic carbocycles. The van der Waals surface area contributed by atoms with Crippen molar-refractivity contribution in [1.29, 1.82) is 0 Å². The highest BCUT2D eigenvalue weighted by Gasteiger charge is 2.00. The second-order valence-corrected chi connectivity index (χ2v) is 3.84. The van der Waals surface area contributed by atoms with Crippen molar-refractivity contribution in [2.75, 3.05) is 12.4 Å². The molecule has 0 unspecified atom stereocenters. The smallest absolute Gasteiger partial charge is 0.130 e. The molecule has 0 radical (unpaired) electrons. The molecule has 88 valence electrons. The van der Waals surface area contributed by atoms with E-state index in [9.17, 15) is 0 Å². The number of aromatic nitrogens is 1. The zero-order valence-corrected chi connectivity index (χ0v) is 10.1. The van der Waals surface area contributed by atoms with Crippen molar-refractivity contribution in [1.82, 2.24) is 4.98 Å². The van der Waals surface area contributed by atoms with E-state index in [-0.39, 0.29) is 0 Å². The minimum atomic E-state index is 0.499. The number of benzene rings is 1. The lowest BCUT2D eigenvalue weighted by Gasteiger charge is -2.09. The molecule has 3 heteroatoms. The van der Waals surface area contributed by atoms with Gasteiger partial charge in [-0.1, -0.05) is 6.07 Å². The highest BCUT2D eigenvalue weighted by molar-refractivity contribution is 5.53. The first kappa shape index (κ1) is 11.5. The Bertz CT molecular complexity index is 483. The maximum absolute atomic E-state index is 5.68. The minimum absolute atomic E-state index is 0.499. The Morgan fingerprint density at radius 2 is 2.12 bits per heavy atom. The third kappa shape index (κ3) is 2.97. The van der Waals surface area contributed by atoms with Crippen LogP contribution >= 0.6 is 0 Å². The molecule has 0 aliphatic carbocycles. The minimum Gasteiger partial charge on any atom is -0.487 e. The molecule has 0 saturated carbocycles. The number of rotatable bonds is 4. The Balaban J connectivity index is 2.02. The summed E-state index contributed by atoms with van der Waals surface area (Å²) in [7, 11) is 1.91. The SMILES string of the molecule is CNc1ccc(OCc2ccccn2)cc1C. The zero-order chi connectivity index (χ0) is 12.1. The molecule has 0 aliphatic heterocycles. The average molecular weight is 228 g/mol. The lowest BCUT2D eigenvalue weighted by atomic mass is 10.2. The molecule has 0 aliphatic rings. The summed E-state index contributed by atoms with van der Waals surface area (Å²) in [5.74, 6) is 0.868. The standard InChI is InChI=1S/C14H16N2O/c1-11-9-13(6-7-14(11)15-2)17-10-12-5-3-4-8-16-12/h3-9,15H,10H2,1-2H3. The topological polar surface area (TPSA) is 34.1 Å². The van der Waals surface area contributed by atoms with E-state index in [0.717, 1.165) is 17.1 Å². The van der Waals surface area contributed by atoms with Crippen LogP contribution in [0.5, 0.6) is 5.75 Å². The molecule has 1 aromatic heterocycles. The number of anilines is 1. The van der Waals surface area contributed by atoms with Crippen LogP contribution in [0.15, 0.2) is 42.6 Å². The predicted molar refractivity (Wildman–Crippen MR) is 69.3 cm³/mol. The van der Waals surface area contributed by atoms with E-state index in [0.29, 0.717) is 6.61 Å². The molecule has 17 heavy (non-hydrogen) atoms. The van der Waals surface area contributed by atoms with Crippen LogP contribution in [0.2, 0.25) is 0 Å². The van der Waals surface area contributed by atoms with Crippen molar-refractivity contribution < 1.29 is 4.74 Å². The van der Waals surface area contributed by atoms with E-state index < -0.39 is 0 Å². The first-order valence-electron chi connectivity index (χ1n) is 5.60. The van der Waals surface area contributed by atoms with Crippen LogP contribution < -0.4 is 10.1 Å². The van der Waals surface area contributed by atoms with E-state index in [1.165, 1.54) is 5.56 Å². The number of hydrogen-bond donors (Lipinski definition) is 1. The second kappa shape index (κ2) is 5.34. The van der Waals surface area contributed by atoms with Crippen LogP contribution in [0.25, 0.3) is 0 Å². The van der Waals surface area contributed by atoms with Gasteiger partial charge in [-0.15, -0.1) is 0 Å². The number of ether oxygens (including phenoxy) is 1. The van der Waals surface area contributed by atoms with Gasteiger partial charge in [-0.05, 0) is 42.8 Å². The van der Waals surface area contributed by atoms with Crippen LogP contribution in [0.4, 0.5) is 5.69 Å². The van der Waals surface area contributed by atoms with Gasteiger partial charge in [0.15, 0.2) is 0 Å². The Kier molecular flexibility index (Phi) is 3.60. The number of hydrogen-bond acceptors (Lipinski definition) is 3. The van der Waals surface area contributed by atoms with Gasteiger partial charge >= 0.3 is 0 Å². The van der Waals surface area contributed by atoms with E-state index in [1.807, 2.05) is 43.4 Å². The summed E-state index contributed by atoms with van der Waals surface area (Å²) in [6.07, 6.45) is 1.77. The summed E-state index contributed by atoms with van der Waals surface area (Å²) in [5.41, 5.74) is 3.23. The van der Waals surface area contributed by atoms with Crippen LogP contribution in [-0.2, 0) is 6.61 Å². The summed E-state index contributed by atoms with van der Waals surface area (Å²) in [4.78, 5) is 4.21. The van der Waals surface area contributed by atoms with Crippen molar-refractivity contribution in [2.45, 2.75) is 13.5 Å². The van der Waals surface area contributed by atoms with Crippen molar-refractivity contribution in [2.24, 2.45) is 0 Å². The van der Waals surface area contributed by atoms with Gasteiger partial charge in [0.2, 0.25) is 0 Å². The molecule has 2 aromatic rings. The van der Waals surface area contributed by atoms with E-state index in [4.69, 9.17) is 4.74 Å². The Morgan fingerprint density at radius 1 is 1.24 bits per heavy atom. The number of pyridine rings is 1. The molecule has 3 nitrogen and oxygen atoms in total. The lowest BCUT2D eigenvalue weighted by molar-refractivity contribution is 0.301. The van der Waals surface area contributed by atoms with Crippen LogP contribution in [0, 0.1) is 6.92 Å². The van der Waals surface area contributed by atoms with Crippen LogP contribution in [0.1, 0.15) is 11.3 Å². The lowest BCUT2D eigenvalue weighted by Crippen LogP contribution is -1.98. The molecule has 1 N–H and O–H groups in total. The molecular weight excluding hydrogens is 212 g/mol. The second-order valence-electron chi connectivity index (χ2n) is 3.84. The fraction of sp³-hybridized carbons (Fsp3) is 0.214. The first-order valence-corrected chi connectivity index (χ1v) is 5.60. The highest BCUT2D eigenvalue weighted by atomic mass is 16.5. The van der Waals surface area contributed by atoms with E-state index in [1.54, 1.807) is 6.20 Å². The molecule has 0 bridgehead atoms. The van der Waals surface area contributed by atoms with E-state index in [2.05, 4.69) is 17.2 Å². The monoisotopic (exact) mass is 228 g/mol. The predicted octanol–water partition coefficient (Wildman–Crippen LogP) is 3.01. The van der Waals surface area contributed by atoms with Gasteiger partial charge in [0.05, 0.1) is 5.69 Å². The van der Waals surface area contributed by atoms with Crippen molar-refractivity contribution in [3.05, 3.63) is 53.9 Å². The largest absolute Gasteiger partial charge is 0.487 e. The number of nitrogens with one attached hydrogen (secondary N) is 1. The Morgan fingerprint density at radius 3 is 2.76 bits per heavy atom. The van der Waals surface area contributed by atoms with Crippen molar-refractivity contribution in [3.8, 4) is 5.75 Å². The summed E-state index contributed by atoms with van der Waals surface area (Å²) < 4.78 is 5.68. The Labute approximate surface area is 101 Å². The molecule has 0 spiro atoms. The van der Waals surface area contributed by atoms with E-state index >= 15 is 0 Å². The normalized spacial score (nSPS) is 10.0. The number of nitrogens with zero attached hydrogens (tertiary/aromatic N) is 1. The van der Waals surface area contributed by atoms with Crippen molar-refractivity contribution in [3.63, 3.8) is 0 Å². The van der Waals surface area contributed by atoms with Gasteiger partial charge in [0.25, 0.3) is 0 Å². The fourth-order valence-corrected chi connectivity index (χ4v) is 1.65. The summed E-state index contributed by atoms with van der Waals surface area (Å²) in [5, 5.41) is 3.13. The molecular formula is C14H16N2O. The first-order chi connectivity index (χ1) is 8.29. The van der Waals surface area contributed by atoms with Gasteiger partial charge in [-0.2, -0.15) is 0 Å². The average Bonchev–Trinajstić information content (AvgIpc) is 2.38. The quantitative estimate of drug-likeness (QED) is 0.873. The maximum atomic E-state index is 5.68. The molecule has 0 saturated heterocycles. The van der Waals surface area contributed by atoms with Crippen molar-refractivity contribution >= 4 is 5.69 Å². The maximum Gasteiger partial charge on any atom is 0.130 e. The van der Waals surface area contributed by atoms with Gasteiger partial charge < -0.3 is 10.1 Å². The third-order valence-electron chi connectivity index (χ3n) is 2.58. The molecule has 2 rings (SSSR count). The Hall–Kier alpha value is -2.03. The molecule has 0 fully saturated rings. The van der Waals surface area contributed by atoms with Crippen LogP contribution in [-0.4, -0.2) is 12.0 Å². The third-order valence-corrected chi connectivity index (χ3v) is 2.58. The number of aryl methyl sites for hydroxylation is 1. The highest BCUT2D eigenvalue weighted by Crippen LogP contribution is 2.21. The summed E-state index contributed by atoms with van der Waals surface area (Å²) in [6.45, 7) is 2.55. The molecule has 0 amide bonds. The fourth-order valence-electron chi connectivity index (χ4n) is 1.65. The molecule has 1 heterocycles. The summed E-state index contributed by atoms with van der Waals surface area (Å²) in [6, 6.07) is 11.8. The zero-order valence-electron chi connectivity index (χ0n) is 10.1. The van der Waals surface area contributed by atoms with Crippen LogP contribution in [0.3, 0.4) is 0 Å².